The first-order valence-corrected chi connectivity index (χ1v) is 21.6. The molecule has 25 nitrogen and oxygen atoms in total. The molecule has 0 unspecified atom stereocenters. The van der Waals surface area contributed by atoms with Crippen LogP contribution >= 0.6 is 0 Å². The molecule has 20 N–H and O–H groups in total. The number of nitrogens with zero attached hydrogens (tertiary/aromatic N) is 2. The first-order valence-electron chi connectivity index (χ1n) is 21.6. The summed E-state index contributed by atoms with van der Waals surface area (Å²) in [6.07, 6.45) is 0.215. The molecule has 0 saturated carbocycles. The van der Waals surface area contributed by atoms with Gasteiger partial charge in [-0.3, -0.25) is 53.1 Å². The van der Waals surface area contributed by atoms with Crippen LogP contribution < -0.4 is 71.6 Å². The van der Waals surface area contributed by atoms with Crippen LogP contribution in [0.25, 0.3) is 0 Å². The summed E-state index contributed by atoms with van der Waals surface area (Å²) >= 11 is 0. The number of benzene rings is 1. The van der Waals surface area contributed by atoms with Crippen molar-refractivity contribution in [2.75, 3.05) is 26.2 Å². The molecule has 8 amide bonds. The van der Waals surface area contributed by atoms with Gasteiger partial charge in [0.05, 0.1) is 25.6 Å². The molecule has 0 spiro atoms. The number of carboxylic acid groups (broad SMARTS) is 1. The quantitative estimate of drug-likeness (QED) is 0.0189. The first-order chi connectivity index (χ1) is 31.1. The standard InChI is InChI=1S/C41H69N15O10/c1-5-22(3)32(34(43)61)55-37(64)27(15-11-17-49-41(46)47)53-38(65)28(19-31(59)60)54-39(66)33(23(4)6-2)56-36(63)26(14-10-16-48-40(44)45)52-30(58)21-50-29(57)20-51-35(62)25(42)18-24-12-8-7-9-13-24/h7-9,12-13,22-23,25-28,32-33H,5-6,10-11,14-21,42H2,1-4H3,(H2,43,61)(H,50,57)(H,51,62)(H,52,58)(H,53,65)(H,54,66)(H,55,64)(H,56,63)(H,59,60)(H4,44,45,48)(H4,46,47,49)/t22-,23-,25-,26-,27-,28-,32-,33-/m0/s1. The van der Waals surface area contributed by atoms with Crippen LogP contribution in [-0.2, 0) is 49.6 Å². The van der Waals surface area contributed by atoms with Crippen LogP contribution in [0.5, 0.6) is 0 Å². The molecule has 0 fully saturated rings. The minimum absolute atomic E-state index is 0.0493. The van der Waals surface area contributed by atoms with E-state index < -0.39 is 115 Å². The lowest BCUT2D eigenvalue weighted by Gasteiger charge is -2.29. The molecule has 1 aromatic rings. The van der Waals surface area contributed by atoms with E-state index >= 15 is 0 Å². The van der Waals surface area contributed by atoms with E-state index in [0.29, 0.717) is 12.8 Å². The van der Waals surface area contributed by atoms with E-state index in [1.165, 1.54) is 0 Å². The van der Waals surface area contributed by atoms with E-state index in [-0.39, 0.29) is 63.0 Å². The highest BCUT2D eigenvalue weighted by molar-refractivity contribution is 5.98. The molecule has 0 bridgehead atoms. The highest BCUT2D eigenvalue weighted by Gasteiger charge is 2.35. The number of nitrogens with one attached hydrogen (secondary N) is 7. The Morgan fingerprint density at radius 2 is 1.06 bits per heavy atom. The van der Waals surface area contributed by atoms with Gasteiger partial charge in [0.25, 0.3) is 0 Å². The lowest BCUT2D eigenvalue weighted by atomic mass is 9.96. The fraction of sp³-hybridized carbons (Fsp3) is 0.585. The van der Waals surface area contributed by atoms with Gasteiger partial charge in [0.15, 0.2) is 11.9 Å². The zero-order valence-electron chi connectivity index (χ0n) is 38.0. The predicted octanol–water partition coefficient (Wildman–Crippen LogP) is -4.63. The molecule has 0 radical (unpaired) electrons. The summed E-state index contributed by atoms with van der Waals surface area (Å²) in [5, 5.41) is 26.9. The zero-order valence-corrected chi connectivity index (χ0v) is 38.0. The number of aliphatic carboxylic acids is 1. The largest absolute Gasteiger partial charge is 0.481 e. The summed E-state index contributed by atoms with van der Waals surface area (Å²) in [5.74, 6) is -9.64. The maximum absolute atomic E-state index is 13.9. The molecule has 0 heterocycles. The van der Waals surface area contributed by atoms with Crippen LogP contribution in [0.3, 0.4) is 0 Å². The van der Waals surface area contributed by atoms with E-state index in [2.05, 4.69) is 47.2 Å². The number of carbonyl (C=O) groups is 9. The van der Waals surface area contributed by atoms with Crippen molar-refractivity contribution < 1.29 is 48.3 Å². The van der Waals surface area contributed by atoms with Gasteiger partial charge in [0.1, 0.15) is 30.2 Å². The predicted molar refractivity (Wildman–Crippen MR) is 244 cm³/mol. The third kappa shape index (κ3) is 22.5. The highest BCUT2D eigenvalue weighted by Crippen LogP contribution is 2.12. The third-order valence-corrected chi connectivity index (χ3v) is 10.3. The Balaban J connectivity index is 3.21. The summed E-state index contributed by atoms with van der Waals surface area (Å²) in [5.41, 5.74) is 34.0. The van der Waals surface area contributed by atoms with E-state index in [4.69, 9.17) is 34.4 Å². The van der Waals surface area contributed by atoms with Crippen LogP contribution in [0, 0.1) is 11.8 Å². The van der Waals surface area contributed by atoms with Crippen molar-refractivity contribution in [1.82, 2.24) is 37.2 Å². The normalized spacial score (nSPS) is 14.4. The van der Waals surface area contributed by atoms with Gasteiger partial charge in [-0.15, -0.1) is 0 Å². The van der Waals surface area contributed by atoms with Crippen molar-refractivity contribution in [3.63, 3.8) is 0 Å². The lowest BCUT2D eigenvalue weighted by molar-refractivity contribution is -0.142. The summed E-state index contributed by atoms with van der Waals surface area (Å²) in [6.45, 7) is 5.78. The fourth-order valence-corrected chi connectivity index (χ4v) is 6.15. The van der Waals surface area contributed by atoms with Gasteiger partial charge < -0.3 is 76.7 Å². The van der Waals surface area contributed by atoms with E-state index in [1.54, 1.807) is 52.0 Å². The molecule has 66 heavy (non-hydrogen) atoms. The van der Waals surface area contributed by atoms with Crippen LogP contribution in [0.1, 0.15) is 78.2 Å². The molecule has 0 saturated heterocycles. The van der Waals surface area contributed by atoms with Gasteiger partial charge in [-0.05, 0) is 49.5 Å². The fourth-order valence-electron chi connectivity index (χ4n) is 6.15. The number of hydrogen-bond donors (Lipinski definition) is 14. The van der Waals surface area contributed by atoms with Crippen LogP contribution in [0.15, 0.2) is 40.3 Å². The third-order valence-electron chi connectivity index (χ3n) is 10.3. The molecule has 25 heteroatoms. The zero-order chi connectivity index (χ0) is 49.9. The number of rotatable bonds is 31. The maximum Gasteiger partial charge on any atom is 0.305 e. The van der Waals surface area contributed by atoms with Gasteiger partial charge >= 0.3 is 5.97 Å². The van der Waals surface area contributed by atoms with Crippen LogP contribution in [-0.4, -0.2) is 133 Å². The monoisotopic (exact) mass is 932 g/mol. The molecule has 0 aliphatic carbocycles. The number of carboxylic acids is 1. The van der Waals surface area contributed by atoms with Crippen molar-refractivity contribution >= 4 is 65.1 Å². The molecular weight excluding hydrogens is 863 g/mol. The lowest BCUT2D eigenvalue weighted by Crippen LogP contribution is -2.60. The van der Waals surface area contributed by atoms with Crippen LogP contribution in [0.4, 0.5) is 0 Å². The number of guanidine groups is 2. The second-order valence-corrected chi connectivity index (χ2v) is 15.7. The number of amides is 8. The van der Waals surface area contributed by atoms with Crippen LogP contribution in [0.2, 0.25) is 0 Å². The average molecular weight is 932 g/mol. The SMILES string of the molecule is CC[C@H](C)[C@H](NC(=O)[C@H](CCCN=C(N)N)NC(=O)[C@H](CC(=O)O)NC(=O)[C@@H](NC(=O)[C@H](CCCN=C(N)N)NC(=O)CNC(=O)CNC(=O)[C@@H](N)Cc1ccccc1)[C@@H](C)CC)C(N)=O. The Morgan fingerprint density at radius 1 is 0.591 bits per heavy atom. The number of carbonyl (C=O) groups excluding carboxylic acids is 8. The summed E-state index contributed by atoms with van der Waals surface area (Å²) in [4.78, 5) is 125. The molecular formula is C41H69N15O10. The Morgan fingerprint density at radius 3 is 1.56 bits per heavy atom. The Kier molecular flexibility index (Phi) is 26.0. The molecule has 0 aliphatic heterocycles. The molecule has 0 aromatic heterocycles. The van der Waals surface area contributed by atoms with Gasteiger partial charge in [0, 0.05) is 13.1 Å². The number of hydrogen-bond acceptors (Lipinski definition) is 12. The Labute approximate surface area is 383 Å². The van der Waals surface area contributed by atoms with Gasteiger partial charge in [0.2, 0.25) is 47.3 Å². The highest BCUT2D eigenvalue weighted by atomic mass is 16.4. The minimum Gasteiger partial charge on any atom is -0.481 e. The van der Waals surface area contributed by atoms with E-state index in [1.807, 2.05) is 6.07 Å². The smallest absolute Gasteiger partial charge is 0.305 e. The average Bonchev–Trinajstić information content (AvgIpc) is 3.26. The number of aliphatic imine (C=N–C) groups is 2. The molecule has 1 aromatic carbocycles. The molecule has 8 atom stereocenters. The van der Waals surface area contributed by atoms with Gasteiger partial charge in [-0.2, -0.15) is 0 Å². The maximum atomic E-state index is 13.9. The van der Waals surface area contributed by atoms with Gasteiger partial charge in [-0.25, -0.2) is 0 Å². The number of nitrogens with two attached hydrogens (primary N) is 6. The van der Waals surface area contributed by atoms with Crippen molar-refractivity contribution in [2.24, 2.45) is 56.2 Å². The van der Waals surface area contributed by atoms with Crippen molar-refractivity contribution in [3.8, 4) is 0 Å². The van der Waals surface area contributed by atoms with E-state index in [9.17, 15) is 48.3 Å². The molecule has 368 valence electrons. The second kappa shape index (κ2) is 30.2. The van der Waals surface area contributed by atoms with Crippen molar-refractivity contribution in [3.05, 3.63) is 35.9 Å². The second-order valence-electron chi connectivity index (χ2n) is 15.7. The summed E-state index contributed by atoms with van der Waals surface area (Å²) in [7, 11) is 0. The Bertz CT molecular complexity index is 1860. The Hall–Kier alpha value is -7.05. The van der Waals surface area contributed by atoms with E-state index in [0.717, 1.165) is 5.56 Å². The first kappa shape index (κ1) is 57.0. The topological polar surface area (TPSA) is 439 Å². The molecule has 0 aliphatic rings. The minimum atomic E-state index is -1.78. The van der Waals surface area contributed by atoms with Crippen molar-refractivity contribution in [1.29, 1.82) is 0 Å². The molecule has 1 rings (SSSR count). The summed E-state index contributed by atoms with van der Waals surface area (Å²) < 4.78 is 0. The van der Waals surface area contributed by atoms with Gasteiger partial charge in [-0.1, -0.05) is 70.9 Å². The number of primary amides is 1. The van der Waals surface area contributed by atoms with Crippen molar-refractivity contribution in [2.45, 2.75) is 115 Å². The summed E-state index contributed by atoms with van der Waals surface area (Å²) in [6, 6.07) is 1.08.